The van der Waals surface area contributed by atoms with Gasteiger partial charge in [-0.05, 0) is 29.0 Å². The molecule has 1 saturated carbocycles. The van der Waals surface area contributed by atoms with Gasteiger partial charge >= 0.3 is 0 Å². The van der Waals surface area contributed by atoms with Crippen molar-refractivity contribution in [3.05, 3.63) is 71.3 Å². The highest BCUT2D eigenvalue weighted by atomic mass is 35.5. The molecule has 0 radical (unpaired) electrons. The molecule has 0 N–H and O–H groups in total. The second kappa shape index (κ2) is 9.41. The lowest BCUT2D eigenvalue weighted by Crippen LogP contribution is -2.26. The Morgan fingerprint density at radius 3 is 2.41 bits per heavy atom. The smallest absolute Gasteiger partial charge is 0.102 e. The Morgan fingerprint density at radius 2 is 1.63 bits per heavy atom. The van der Waals surface area contributed by atoms with Crippen molar-refractivity contribution in [2.24, 2.45) is 10.9 Å². The fraction of sp³-hybridized carbons (Fsp3) is 0.458. The van der Waals surface area contributed by atoms with Crippen LogP contribution in [-0.2, 0) is 6.54 Å². The number of hydrogen-bond acceptors (Lipinski definition) is 2. The molecule has 1 aliphatic carbocycles. The van der Waals surface area contributed by atoms with Gasteiger partial charge in [0.25, 0.3) is 0 Å². The summed E-state index contributed by atoms with van der Waals surface area (Å²) in [6.45, 7) is 0.961. The van der Waals surface area contributed by atoms with E-state index in [4.69, 9.17) is 4.99 Å². The van der Waals surface area contributed by atoms with Crippen LogP contribution < -0.4 is 0 Å². The van der Waals surface area contributed by atoms with Gasteiger partial charge in [0, 0.05) is 20.0 Å². The highest BCUT2D eigenvalue weighted by Gasteiger charge is 2.24. The third kappa shape index (κ3) is 4.73. The number of nitrogens with zero attached hydrogens (tertiary/aromatic N) is 2. The number of amidine groups is 1. The molecule has 4 rings (SSSR count). The van der Waals surface area contributed by atoms with E-state index in [2.05, 4.69) is 66.5 Å². The molecule has 2 nitrogen and oxygen atoms in total. The van der Waals surface area contributed by atoms with Gasteiger partial charge in [-0.2, -0.15) is 0 Å². The molecule has 1 heterocycles. The molecule has 144 valence electrons. The average molecular weight is 383 g/mol. The zero-order valence-electron chi connectivity index (χ0n) is 16.3. The molecule has 27 heavy (non-hydrogen) atoms. The van der Waals surface area contributed by atoms with Crippen LogP contribution in [0.3, 0.4) is 0 Å². The highest BCUT2D eigenvalue weighted by molar-refractivity contribution is 5.85. The second-order valence-corrected chi connectivity index (χ2v) is 7.96. The molecular formula is C24H31ClN2. The number of halogens is 1. The SMILES string of the molecule is CN1Cc2ccccc2C(c2ccccc2)N=C1CCC1CCCCC1.Cl. The summed E-state index contributed by atoms with van der Waals surface area (Å²) >= 11 is 0. The first kappa shape index (κ1) is 19.9. The maximum absolute atomic E-state index is 5.30. The van der Waals surface area contributed by atoms with Crippen LogP contribution in [0.15, 0.2) is 59.6 Å². The molecule has 3 heteroatoms. The number of benzene rings is 2. The Morgan fingerprint density at radius 1 is 0.926 bits per heavy atom. The molecular weight excluding hydrogens is 352 g/mol. The van der Waals surface area contributed by atoms with Crippen LogP contribution >= 0.6 is 12.4 Å². The van der Waals surface area contributed by atoms with Crippen molar-refractivity contribution in [2.75, 3.05) is 7.05 Å². The van der Waals surface area contributed by atoms with E-state index in [1.165, 1.54) is 61.1 Å². The van der Waals surface area contributed by atoms with E-state index in [0.717, 1.165) is 18.9 Å². The molecule has 1 aliphatic heterocycles. The lowest BCUT2D eigenvalue weighted by atomic mass is 9.86. The first-order valence-electron chi connectivity index (χ1n) is 10.2. The fourth-order valence-electron chi connectivity index (χ4n) is 4.56. The molecule has 1 fully saturated rings. The zero-order chi connectivity index (χ0) is 17.8. The Bertz CT molecular complexity index is 750. The van der Waals surface area contributed by atoms with Gasteiger partial charge < -0.3 is 4.90 Å². The van der Waals surface area contributed by atoms with Crippen molar-refractivity contribution in [3.63, 3.8) is 0 Å². The number of rotatable bonds is 4. The van der Waals surface area contributed by atoms with Gasteiger partial charge in [-0.15, -0.1) is 12.4 Å². The minimum Gasteiger partial charge on any atom is -0.359 e. The van der Waals surface area contributed by atoms with Crippen LogP contribution in [0.2, 0.25) is 0 Å². The summed E-state index contributed by atoms with van der Waals surface area (Å²) in [4.78, 5) is 7.67. The fourth-order valence-corrected chi connectivity index (χ4v) is 4.56. The molecule has 0 bridgehead atoms. The van der Waals surface area contributed by atoms with E-state index in [1.807, 2.05) is 0 Å². The van der Waals surface area contributed by atoms with Crippen molar-refractivity contribution in [3.8, 4) is 0 Å². The van der Waals surface area contributed by atoms with E-state index in [-0.39, 0.29) is 18.4 Å². The minimum absolute atomic E-state index is 0. The van der Waals surface area contributed by atoms with Gasteiger partial charge in [0.05, 0.1) is 0 Å². The third-order valence-corrected chi connectivity index (χ3v) is 6.09. The highest BCUT2D eigenvalue weighted by Crippen LogP contribution is 2.34. The molecule has 1 unspecified atom stereocenters. The quantitative estimate of drug-likeness (QED) is 0.597. The molecule has 0 saturated heterocycles. The number of hydrogen-bond donors (Lipinski definition) is 0. The molecule has 0 spiro atoms. The van der Waals surface area contributed by atoms with E-state index in [0.29, 0.717) is 0 Å². The van der Waals surface area contributed by atoms with Crippen molar-refractivity contribution in [1.82, 2.24) is 4.90 Å². The standard InChI is InChI=1S/C24H30N2.ClH/c1-26-18-21-14-8-9-15-22(21)24(20-12-6-3-7-13-20)25-23(26)17-16-19-10-4-2-5-11-19;/h3,6-9,12-15,19,24H,2,4-5,10-11,16-18H2,1H3;1H. The maximum Gasteiger partial charge on any atom is 0.102 e. The van der Waals surface area contributed by atoms with Gasteiger partial charge in [0.15, 0.2) is 0 Å². The summed E-state index contributed by atoms with van der Waals surface area (Å²) in [5.74, 6) is 2.18. The van der Waals surface area contributed by atoms with E-state index in [1.54, 1.807) is 0 Å². The van der Waals surface area contributed by atoms with Crippen LogP contribution in [-0.4, -0.2) is 17.8 Å². The van der Waals surface area contributed by atoms with Crippen molar-refractivity contribution >= 4 is 18.2 Å². The van der Waals surface area contributed by atoms with E-state index < -0.39 is 0 Å². The first-order valence-corrected chi connectivity index (χ1v) is 10.2. The Hall–Kier alpha value is -1.80. The molecule has 2 aromatic rings. The van der Waals surface area contributed by atoms with Gasteiger partial charge in [0.2, 0.25) is 0 Å². The van der Waals surface area contributed by atoms with Crippen molar-refractivity contribution in [1.29, 1.82) is 0 Å². The van der Waals surface area contributed by atoms with Crippen LogP contribution in [0.1, 0.15) is 67.7 Å². The summed E-state index contributed by atoms with van der Waals surface area (Å²) in [7, 11) is 2.21. The lowest BCUT2D eigenvalue weighted by Gasteiger charge is -2.25. The molecule has 0 aromatic heterocycles. The van der Waals surface area contributed by atoms with Gasteiger partial charge in [-0.25, -0.2) is 0 Å². The van der Waals surface area contributed by atoms with Crippen LogP contribution in [0.4, 0.5) is 0 Å². The van der Waals surface area contributed by atoms with Crippen LogP contribution in [0.25, 0.3) is 0 Å². The Labute approximate surface area is 170 Å². The number of aliphatic imine (C=N–C) groups is 1. The summed E-state index contributed by atoms with van der Waals surface area (Å²) in [6.07, 6.45) is 9.51. The Kier molecular flexibility index (Phi) is 6.95. The summed E-state index contributed by atoms with van der Waals surface area (Å²) in [5.41, 5.74) is 4.06. The largest absolute Gasteiger partial charge is 0.359 e. The zero-order valence-corrected chi connectivity index (χ0v) is 17.1. The van der Waals surface area contributed by atoms with Crippen molar-refractivity contribution < 1.29 is 0 Å². The predicted octanol–water partition coefficient (Wildman–Crippen LogP) is 6.40. The third-order valence-electron chi connectivity index (χ3n) is 6.09. The molecule has 1 atom stereocenters. The van der Waals surface area contributed by atoms with Crippen LogP contribution in [0, 0.1) is 5.92 Å². The molecule has 2 aliphatic rings. The summed E-state index contributed by atoms with van der Waals surface area (Å²) in [6, 6.07) is 19.7. The topological polar surface area (TPSA) is 15.6 Å². The average Bonchev–Trinajstić information content (AvgIpc) is 2.84. The Balaban J connectivity index is 0.00000210. The maximum atomic E-state index is 5.30. The molecule has 2 aromatic carbocycles. The summed E-state index contributed by atoms with van der Waals surface area (Å²) < 4.78 is 0. The van der Waals surface area contributed by atoms with E-state index >= 15 is 0 Å². The monoisotopic (exact) mass is 382 g/mol. The minimum atomic E-state index is 0. The van der Waals surface area contributed by atoms with Gasteiger partial charge in [-0.1, -0.05) is 86.7 Å². The normalized spacial score (nSPS) is 20.3. The molecule has 0 amide bonds. The van der Waals surface area contributed by atoms with Gasteiger partial charge in [0.1, 0.15) is 11.9 Å². The summed E-state index contributed by atoms with van der Waals surface area (Å²) in [5, 5.41) is 0. The van der Waals surface area contributed by atoms with Crippen LogP contribution in [0.5, 0.6) is 0 Å². The second-order valence-electron chi connectivity index (χ2n) is 7.96. The van der Waals surface area contributed by atoms with E-state index in [9.17, 15) is 0 Å². The van der Waals surface area contributed by atoms with Crippen molar-refractivity contribution in [2.45, 2.75) is 57.5 Å². The predicted molar refractivity (Wildman–Crippen MR) is 117 cm³/mol. The lowest BCUT2D eigenvalue weighted by molar-refractivity contribution is 0.339. The number of fused-ring (bicyclic) bond motifs is 1. The first-order chi connectivity index (χ1) is 12.8. The van der Waals surface area contributed by atoms with Gasteiger partial charge in [-0.3, -0.25) is 4.99 Å².